The van der Waals surface area contributed by atoms with Gasteiger partial charge < -0.3 is 15.3 Å². The Labute approximate surface area is 145 Å². The number of rotatable bonds is 4. The number of carbonyl (C=O) groups is 2. The molecule has 2 N–H and O–H groups in total. The standard InChI is InChI=1S/C18H22F2N2O3/c1-11-8-12(2-3-13(11)19)9-18(5-6-18)16(23)21-15-4-7-22(17(24)25)10-14(15)20/h2-3,8,14-15H,4-7,9-10H2,1H3,(H,21,23)(H,24,25)/t14-,15-/m0/s1. The van der Waals surface area contributed by atoms with Gasteiger partial charge in [0.2, 0.25) is 5.91 Å². The molecule has 1 heterocycles. The van der Waals surface area contributed by atoms with Crippen LogP contribution in [-0.2, 0) is 11.2 Å². The molecule has 1 saturated carbocycles. The highest BCUT2D eigenvalue weighted by molar-refractivity contribution is 5.86. The minimum atomic E-state index is -1.40. The topological polar surface area (TPSA) is 69.6 Å². The first-order valence-electron chi connectivity index (χ1n) is 8.49. The zero-order chi connectivity index (χ0) is 18.2. The summed E-state index contributed by atoms with van der Waals surface area (Å²) >= 11 is 0. The van der Waals surface area contributed by atoms with Gasteiger partial charge in [-0.3, -0.25) is 4.79 Å². The quantitative estimate of drug-likeness (QED) is 0.875. The number of aryl methyl sites for hydroxylation is 1. The number of likely N-dealkylation sites (tertiary alicyclic amines) is 1. The molecule has 2 aliphatic rings. The number of amides is 2. The van der Waals surface area contributed by atoms with Crippen molar-refractivity contribution >= 4 is 12.0 Å². The zero-order valence-electron chi connectivity index (χ0n) is 14.1. The van der Waals surface area contributed by atoms with E-state index in [1.807, 2.05) is 0 Å². The predicted octanol–water partition coefficient (Wildman–Crippen LogP) is 2.66. The molecule has 0 aromatic heterocycles. The first-order chi connectivity index (χ1) is 11.8. The van der Waals surface area contributed by atoms with Gasteiger partial charge in [-0.2, -0.15) is 0 Å². The summed E-state index contributed by atoms with van der Waals surface area (Å²) in [5.74, 6) is -0.464. The number of hydrogen-bond acceptors (Lipinski definition) is 2. The third-order valence-corrected chi connectivity index (χ3v) is 5.23. The molecule has 0 spiro atoms. The second-order valence-corrected chi connectivity index (χ2v) is 7.15. The highest BCUT2D eigenvalue weighted by atomic mass is 19.1. The highest BCUT2D eigenvalue weighted by Crippen LogP contribution is 2.49. The highest BCUT2D eigenvalue weighted by Gasteiger charge is 2.50. The van der Waals surface area contributed by atoms with E-state index in [1.165, 1.54) is 6.07 Å². The minimum Gasteiger partial charge on any atom is -0.465 e. The molecule has 3 rings (SSSR count). The van der Waals surface area contributed by atoms with Gasteiger partial charge in [0, 0.05) is 6.54 Å². The Kier molecular flexibility index (Phi) is 4.67. The summed E-state index contributed by atoms with van der Waals surface area (Å²) in [4.78, 5) is 24.6. The van der Waals surface area contributed by atoms with Gasteiger partial charge >= 0.3 is 6.09 Å². The number of alkyl halides is 1. The second-order valence-electron chi connectivity index (χ2n) is 7.15. The van der Waals surface area contributed by atoms with Gasteiger partial charge in [-0.05, 0) is 49.8 Å². The van der Waals surface area contributed by atoms with Crippen molar-refractivity contribution < 1.29 is 23.5 Å². The lowest BCUT2D eigenvalue weighted by molar-refractivity contribution is -0.128. The summed E-state index contributed by atoms with van der Waals surface area (Å²) in [5, 5.41) is 11.7. The Morgan fingerprint density at radius 2 is 2.12 bits per heavy atom. The molecule has 136 valence electrons. The summed E-state index contributed by atoms with van der Waals surface area (Å²) in [6.07, 6.45) is -0.327. The van der Waals surface area contributed by atoms with E-state index >= 15 is 0 Å². The number of nitrogens with zero attached hydrogens (tertiary/aromatic N) is 1. The van der Waals surface area contributed by atoms with Gasteiger partial charge in [0.15, 0.2) is 0 Å². The van der Waals surface area contributed by atoms with Crippen molar-refractivity contribution in [1.82, 2.24) is 10.2 Å². The van der Waals surface area contributed by atoms with Gasteiger partial charge in [-0.1, -0.05) is 12.1 Å². The van der Waals surface area contributed by atoms with Crippen LogP contribution in [0.15, 0.2) is 18.2 Å². The molecule has 1 aromatic carbocycles. The van der Waals surface area contributed by atoms with Crippen LogP contribution in [0.4, 0.5) is 13.6 Å². The maximum atomic E-state index is 14.2. The maximum Gasteiger partial charge on any atom is 0.407 e. The Hall–Kier alpha value is -2.18. The fraction of sp³-hybridized carbons (Fsp3) is 0.556. The predicted molar refractivity (Wildman–Crippen MR) is 87.5 cm³/mol. The largest absolute Gasteiger partial charge is 0.465 e. The van der Waals surface area contributed by atoms with E-state index in [-0.39, 0.29) is 31.2 Å². The van der Waals surface area contributed by atoms with Gasteiger partial charge in [0.25, 0.3) is 0 Å². The smallest absolute Gasteiger partial charge is 0.407 e. The van der Waals surface area contributed by atoms with E-state index in [4.69, 9.17) is 5.11 Å². The molecule has 2 fully saturated rings. The minimum absolute atomic E-state index is 0.189. The van der Waals surface area contributed by atoms with Gasteiger partial charge in [0.1, 0.15) is 12.0 Å². The molecule has 1 saturated heterocycles. The van der Waals surface area contributed by atoms with Crippen molar-refractivity contribution in [2.45, 2.75) is 44.8 Å². The number of carbonyl (C=O) groups excluding carboxylic acids is 1. The van der Waals surface area contributed by atoms with Crippen LogP contribution in [0.2, 0.25) is 0 Å². The second kappa shape index (κ2) is 6.61. The Morgan fingerprint density at radius 1 is 1.40 bits per heavy atom. The molecule has 1 aliphatic heterocycles. The lowest BCUT2D eigenvalue weighted by Crippen LogP contribution is -2.54. The lowest BCUT2D eigenvalue weighted by atomic mass is 9.93. The van der Waals surface area contributed by atoms with Gasteiger partial charge in [0.05, 0.1) is 18.0 Å². The number of carboxylic acid groups (broad SMARTS) is 1. The third kappa shape index (κ3) is 3.75. The lowest BCUT2D eigenvalue weighted by Gasteiger charge is -2.34. The summed E-state index contributed by atoms with van der Waals surface area (Å²) in [7, 11) is 0. The van der Waals surface area contributed by atoms with Crippen LogP contribution in [0.3, 0.4) is 0 Å². The molecule has 5 nitrogen and oxygen atoms in total. The average molecular weight is 352 g/mol. The van der Waals surface area contributed by atoms with E-state index < -0.39 is 23.7 Å². The van der Waals surface area contributed by atoms with E-state index in [1.54, 1.807) is 19.1 Å². The van der Waals surface area contributed by atoms with Crippen LogP contribution in [0, 0.1) is 18.2 Å². The van der Waals surface area contributed by atoms with E-state index in [0.717, 1.165) is 23.3 Å². The number of halogens is 2. The molecule has 2 amide bonds. The number of benzene rings is 1. The fourth-order valence-electron chi connectivity index (χ4n) is 3.41. The summed E-state index contributed by atoms with van der Waals surface area (Å²) in [6, 6.07) is 4.17. The van der Waals surface area contributed by atoms with Crippen molar-refractivity contribution in [3.8, 4) is 0 Å². The molecule has 0 radical (unpaired) electrons. The van der Waals surface area contributed by atoms with Crippen LogP contribution in [0.5, 0.6) is 0 Å². The van der Waals surface area contributed by atoms with E-state index in [2.05, 4.69) is 5.32 Å². The summed E-state index contributed by atoms with van der Waals surface area (Å²) in [5.41, 5.74) is 0.885. The van der Waals surface area contributed by atoms with Crippen molar-refractivity contribution in [1.29, 1.82) is 0 Å². The monoisotopic (exact) mass is 352 g/mol. The Balaban J connectivity index is 1.61. The van der Waals surface area contributed by atoms with Crippen molar-refractivity contribution in [3.63, 3.8) is 0 Å². The third-order valence-electron chi connectivity index (χ3n) is 5.23. The van der Waals surface area contributed by atoms with Gasteiger partial charge in [-0.25, -0.2) is 13.6 Å². The molecule has 0 unspecified atom stereocenters. The molecule has 25 heavy (non-hydrogen) atoms. The normalized spacial score (nSPS) is 24.7. The fourth-order valence-corrected chi connectivity index (χ4v) is 3.41. The molecular weight excluding hydrogens is 330 g/mol. The van der Waals surface area contributed by atoms with Crippen molar-refractivity contribution in [3.05, 3.63) is 35.1 Å². The van der Waals surface area contributed by atoms with Gasteiger partial charge in [-0.15, -0.1) is 0 Å². The van der Waals surface area contributed by atoms with Crippen molar-refractivity contribution in [2.75, 3.05) is 13.1 Å². The van der Waals surface area contributed by atoms with Crippen LogP contribution < -0.4 is 5.32 Å². The van der Waals surface area contributed by atoms with Crippen LogP contribution in [-0.4, -0.2) is 47.3 Å². The summed E-state index contributed by atoms with van der Waals surface area (Å²) in [6.45, 7) is 1.68. The molecule has 7 heteroatoms. The molecular formula is C18H22F2N2O3. The molecule has 1 aliphatic carbocycles. The molecule has 0 bridgehead atoms. The number of piperidine rings is 1. The van der Waals surface area contributed by atoms with Crippen LogP contribution in [0.1, 0.15) is 30.4 Å². The zero-order valence-corrected chi connectivity index (χ0v) is 14.1. The molecule has 2 atom stereocenters. The first kappa shape index (κ1) is 17.6. The average Bonchev–Trinajstić information content (AvgIpc) is 3.33. The number of hydrogen-bond donors (Lipinski definition) is 2. The SMILES string of the molecule is Cc1cc(CC2(C(=O)N[C@H]3CCN(C(=O)O)C[C@@H]3F)CC2)ccc1F. The van der Waals surface area contributed by atoms with Crippen molar-refractivity contribution in [2.24, 2.45) is 5.41 Å². The van der Waals surface area contributed by atoms with E-state index in [0.29, 0.717) is 12.0 Å². The van der Waals surface area contributed by atoms with Crippen LogP contribution >= 0.6 is 0 Å². The van der Waals surface area contributed by atoms with E-state index in [9.17, 15) is 18.4 Å². The first-order valence-corrected chi connectivity index (χ1v) is 8.49. The number of nitrogens with one attached hydrogen (secondary N) is 1. The molecule has 1 aromatic rings. The maximum absolute atomic E-state index is 14.2. The summed E-state index contributed by atoms with van der Waals surface area (Å²) < 4.78 is 27.6. The Bertz CT molecular complexity index is 691. The van der Waals surface area contributed by atoms with Crippen LogP contribution in [0.25, 0.3) is 0 Å². The Morgan fingerprint density at radius 3 is 2.68 bits per heavy atom.